The first-order valence-electron chi connectivity index (χ1n) is 3.87. The molecule has 0 spiro atoms. The predicted molar refractivity (Wildman–Crippen MR) is 37.1 cm³/mol. The van der Waals surface area contributed by atoms with Crippen LogP contribution < -0.4 is 0 Å². The zero-order valence-corrected chi connectivity index (χ0v) is 5.99. The van der Waals surface area contributed by atoms with E-state index in [0.717, 1.165) is 32.0 Å². The van der Waals surface area contributed by atoms with Gasteiger partial charge in [-0.3, -0.25) is 9.80 Å². The summed E-state index contributed by atoms with van der Waals surface area (Å²) in [7, 11) is 0. The zero-order chi connectivity index (χ0) is 6.97. The first-order chi connectivity index (χ1) is 4.90. The number of amides is 1. The molecule has 3 aliphatic heterocycles. The molecule has 2 bridgehead atoms. The van der Waals surface area contributed by atoms with Gasteiger partial charge in [0, 0.05) is 19.6 Å². The van der Waals surface area contributed by atoms with Crippen molar-refractivity contribution in [1.82, 2.24) is 10.0 Å². The first kappa shape index (κ1) is 6.16. The molecular weight excluding hydrogens is 128 g/mol. The van der Waals surface area contributed by atoms with Crippen molar-refractivity contribution in [2.75, 3.05) is 19.6 Å². The van der Waals surface area contributed by atoms with Gasteiger partial charge in [0.05, 0.1) is 0 Å². The van der Waals surface area contributed by atoms with Crippen LogP contribution in [0.15, 0.2) is 0 Å². The molecule has 3 fully saturated rings. The molecule has 0 aromatic rings. The Morgan fingerprint density at radius 1 is 1.30 bits per heavy atom. The second kappa shape index (κ2) is 2.23. The maximum atomic E-state index is 10.4. The Hall–Kier alpha value is -0.570. The van der Waals surface area contributed by atoms with Gasteiger partial charge in [-0.05, 0) is 18.8 Å². The van der Waals surface area contributed by atoms with Gasteiger partial charge < -0.3 is 0 Å². The number of piperidine rings is 1. The Labute approximate surface area is 60.6 Å². The Kier molecular flexibility index (Phi) is 1.38. The molecule has 3 nitrogen and oxygen atoms in total. The monoisotopic (exact) mass is 140 g/mol. The van der Waals surface area contributed by atoms with Crippen molar-refractivity contribution in [2.24, 2.45) is 5.92 Å². The van der Waals surface area contributed by atoms with Crippen LogP contribution in [0, 0.1) is 5.92 Å². The molecule has 0 aromatic carbocycles. The summed E-state index contributed by atoms with van der Waals surface area (Å²) >= 11 is 0. The minimum Gasteiger partial charge on any atom is -0.278 e. The SMILES string of the molecule is O=CN1CC2CCN1CC2. The van der Waals surface area contributed by atoms with Crippen LogP contribution in [0.5, 0.6) is 0 Å². The van der Waals surface area contributed by atoms with Crippen molar-refractivity contribution < 1.29 is 4.79 Å². The summed E-state index contributed by atoms with van der Waals surface area (Å²) in [5, 5.41) is 3.96. The maximum absolute atomic E-state index is 10.4. The average Bonchev–Trinajstić information content (AvgIpc) is 2.06. The standard InChI is InChI=1S/C7H12N2O/c10-6-9-5-7-1-3-8(9)4-2-7/h6-7H,1-5H2. The van der Waals surface area contributed by atoms with Gasteiger partial charge in [0.1, 0.15) is 0 Å². The van der Waals surface area contributed by atoms with Crippen LogP contribution in [0.2, 0.25) is 0 Å². The molecule has 0 N–H and O–H groups in total. The summed E-state index contributed by atoms with van der Waals surface area (Å²) in [6.07, 6.45) is 3.51. The molecule has 3 rings (SSSR count). The van der Waals surface area contributed by atoms with Gasteiger partial charge in [0.25, 0.3) is 0 Å². The number of fused-ring (bicyclic) bond motifs is 3. The molecule has 0 aromatic heterocycles. The number of rotatable bonds is 1. The smallest absolute Gasteiger partial charge is 0.224 e. The molecule has 3 aliphatic rings. The Bertz CT molecular complexity index is 141. The van der Waals surface area contributed by atoms with Crippen molar-refractivity contribution in [3.8, 4) is 0 Å². The highest BCUT2D eigenvalue weighted by Gasteiger charge is 2.30. The van der Waals surface area contributed by atoms with E-state index in [1.54, 1.807) is 0 Å². The van der Waals surface area contributed by atoms with Gasteiger partial charge in [-0.2, -0.15) is 0 Å². The lowest BCUT2D eigenvalue weighted by atomic mass is 9.95. The number of carbonyl (C=O) groups is 1. The third-order valence-corrected chi connectivity index (χ3v) is 2.52. The van der Waals surface area contributed by atoms with Crippen LogP contribution in [-0.2, 0) is 4.79 Å². The van der Waals surface area contributed by atoms with E-state index in [2.05, 4.69) is 5.01 Å². The van der Waals surface area contributed by atoms with Crippen molar-refractivity contribution in [2.45, 2.75) is 12.8 Å². The van der Waals surface area contributed by atoms with Crippen LogP contribution in [0.3, 0.4) is 0 Å². The van der Waals surface area contributed by atoms with E-state index in [9.17, 15) is 4.79 Å². The molecule has 0 saturated carbocycles. The highest BCUT2D eigenvalue weighted by atomic mass is 16.1. The number of hydrogen-bond acceptors (Lipinski definition) is 2. The topological polar surface area (TPSA) is 23.6 Å². The van der Waals surface area contributed by atoms with E-state index < -0.39 is 0 Å². The van der Waals surface area contributed by atoms with Crippen molar-refractivity contribution in [1.29, 1.82) is 0 Å². The molecule has 56 valence electrons. The molecule has 3 heteroatoms. The van der Waals surface area contributed by atoms with Crippen LogP contribution >= 0.6 is 0 Å². The summed E-state index contributed by atoms with van der Waals surface area (Å²) in [5.41, 5.74) is 0. The fourth-order valence-corrected chi connectivity index (χ4v) is 1.85. The fraction of sp³-hybridized carbons (Fsp3) is 0.857. The highest BCUT2D eigenvalue weighted by molar-refractivity contribution is 5.46. The van der Waals surface area contributed by atoms with Gasteiger partial charge >= 0.3 is 0 Å². The van der Waals surface area contributed by atoms with Gasteiger partial charge in [0.15, 0.2) is 0 Å². The van der Waals surface area contributed by atoms with Gasteiger partial charge in [-0.25, -0.2) is 5.01 Å². The largest absolute Gasteiger partial charge is 0.278 e. The van der Waals surface area contributed by atoms with Gasteiger partial charge in [-0.15, -0.1) is 0 Å². The molecule has 10 heavy (non-hydrogen) atoms. The predicted octanol–water partition coefficient (Wildman–Crippen LogP) is 0.0854. The zero-order valence-electron chi connectivity index (χ0n) is 5.99. The highest BCUT2D eigenvalue weighted by Crippen LogP contribution is 2.25. The van der Waals surface area contributed by atoms with Crippen LogP contribution in [0.4, 0.5) is 0 Å². The van der Waals surface area contributed by atoms with Crippen molar-refractivity contribution >= 4 is 6.41 Å². The second-order valence-electron chi connectivity index (χ2n) is 3.12. The quantitative estimate of drug-likeness (QED) is 0.482. The Morgan fingerprint density at radius 2 is 2.00 bits per heavy atom. The average molecular weight is 140 g/mol. The molecule has 3 heterocycles. The van der Waals surface area contributed by atoms with E-state index in [1.807, 2.05) is 5.01 Å². The van der Waals surface area contributed by atoms with E-state index >= 15 is 0 Å². The van der Waals surface area contributed by atoms with E-state index in [4.69, 9.17) is 0 Å². The molecule has 0 unspecified atom stereocenters. The van der Waals surface area contributed by atoms with E-state index in [-0.39, 0.29) is 0 Å². The number of carbonyl (C=O) groups excluding carboxylic acids is 1. The molecular formula is C7H12N2O. The minimum absolute atomic E-state index is 0.787. The summed E-state index contributed by atoms with van der Waals surface area (Å²) in [6.45, 7) is 3.14. The van der Waals surface area contributed by atoms with Gasteiger partial charge in [-0.1, -0.05) is 0 Å². The van der Waals surface area contributed by atoms with Crippen molar-refractivity contribution in [3.05, 3.63) is 0 Å². The number of hydrazine groups is 1. The molecule has 1 amide bonds. The lowest BCUT2D eigenvalue weighted by Crippen LogP contribution is -2.54. The number of nitrogens with zero attached hydrogens (tertiary/aromatic N) is 2. The third kappa shape index (κ3) is 0.814. The first-order valence-corrected chi connectivity index (χ1v) is 3.87. The number of hydrogen-bond donors (Lipinski definition) is 0. The van der Waals surface area contributed by atoms with Crippen molar-refractivity contribution in [3.63, 3.8) is 0 Å². The minimum atomic E-state index is 0.787. The normalized spacial score (nSPS) is 38.2. The summed E-state index contributed by atoms with van der Waals surface area (Å²) in [4.78, 5) is 10.4. The van der Waals surface area contributed by atoms with E-state index in [0.29, 0.717) is 0 Å². The fourth-order valence-electron chi connectivity index (χ4n) is 1.85. The molecule has 0 atom stereocenters. The summed E-state index contributed by atoms with van der Waals surface area (Å²) in [6, 6.07) is 0. The molecule has 0 aliphatic carbocycles. The third-order valence-electron chi connectivity index (χ3n) is 2.52. The summed E-state index contributed by atoms with van der Waals surface area (Å²) in [5.74, 6) is 0.787. The van der Waals surface area contributed by atoms with E-state index in [1.165, 1.54) is 12.8 Å². The maximum Gasteiger partial charge on any atom is 0.224 e. The lowest BCUT2D eigenvalue weighted by Gasteiger charge is -2.45. The lowest BCUT2D eigenvalue weighted by molar-refractivity contribution is -0.151. The molecule has 0 radical (unpaired) electrons. The molecule has 3 saturated heterocycles. The second-order valence-corrected chi connectivity index (χ2v) is 3.12. The van der Waals surface area contributed by atoms with Crippen LogP contribution in [0.25, 0.3) is 0 Å². The summed E-state index contributed by atoms with van der Waals surface area (Å²) < 4.78 is 0. The van der Waals surface area contributed by atoms with Crippen LogP contribution in [-0.4, -0.2) is 36.1 Å². The Balaban J connectivity index is 2.07. The Morgan fingerprint density at radius 3 is 2.30 bits per heavy atom. The van der Waals surface area contributed by atoms with Crippen LogP contribution in [0.1, 0.15) is 12.8 Å². The van der Waals surface area contributed by atoms with Gasteiger partial charge in [0.2, 0.25) is 6.41 Å².